The molecule has 2 N–H and O–H groups in total. The summed E-state index contributed by atoms with van der Waals surface area (Å²) in [6, 6.07) is 19.0. The Morgan fingerprint density at radius 3 is 2.20 bits per heavy atom. The highest BCUT2D eigenvalue weighted by atomic mass is 16.5. The largest absolute Gasteiger partial charge is 0.482 e. The predicted octanol–water partition coefficient (Wildman–Crippen LogP) is 5.26. The quantitative estimate of drug-likeness (QED) is 0.273. The summed E-state index contributed by atoms with van der Waals surface area (Å²) in [7, 11) is 3.02. The van der Waals surface area contributed by atoms with E-state index < -0.39 is 12.0 Å². The second-order valence-corrected chi connectivity index (χ2v) is 11.1. The summed E-state index contributed by atoms with van der Waals surface area (Å²) in [5.74, 6) is -0.527. The van der Waals surface area contributed by atoms with Crippen molar-refractivity contribution >= 4 is 40.9 Å². The number of anilines is 3. The lowest BCUT2D eigenvalue weighted by molar-refractivity contribution is -0.139. The zero-order chi connectivity index (χ0) is 32.4. The first kappa shape index (κ1) is 33.6. The van der Waals surface area contributed by atoms with Gasteiger partial charge in [-0.3, -0.25) is 14.4 Å². The number of benzene rings is 3. The van der Waals surface area contributed by atoms with Gasteiger partial charge >= 0.3 is 12.0 Å². The lowest BCUT2D eigenvalue weighted by atomic mass is 10.0. The van der Waals surface area contributed by atoms with Gasteiger partial charge in [-0.25, -0.2) is 4.79 Å². The topological polar surface area (TPSA) is 117 Å². The molecule has 0 saturated heterocycles. The fraction of sp³-hybridized carbons (Fsp3) is 0.353. The summed E-state index contributed by atoms with van der Waals surface area (Å²) in [6.45, 7) is 9.36. The van der Waals surface area contributed by atoms with Gasteiger partial charge < -0.3 is 29.9 Å². The van der Waals surface area contributed by atoms with Gasteiger partial charge in [0.1, 0.15) is 5.75 Å². The Morgan fingerprint density at radius 2 is 1.55 bits per heavy atom. The van der Waals surface area contributed by atoms with E-state index in [0.29, 0.717) is 22.7 Å². The normalized spacial score (nSPS) is 11.4. The summed E-state index contributed by atoms with van der Waals surface area (Å²) in [6.07, 6.45) is 0.0726. The maximum absolute atomic E-state index is 13.6. The molecule has 3 aromatic rings. The zero-order valence-electron chi connectivity index (χ0n) is 26.5. The van der Waals surface area contributed by atoms with Crippen LogP contribution in [0, 0.1) is 19.8 Å². The van der Waals surface area contributed by atoms with Gasteiger partial charge in [-0.1, -0.05) is 44.2 Å². The Morgan fingerprint density at radius 1 is 0.864 bits per heavy atom. The second-order valence-electron chi connectivity index (χ2n) is 11.1. The van der Waals surface area contributed by atoms with Gasteiger partial charge in [-0.15, -0.1) is 0 Å². The molecule has 0 aliphatic heterocycles. The minimum absolute atomic E-state index is 0.0726. The van der Waals surface area contributed by atoms with E-state index in [1.807, 2.05) is 52.8 Å². The summed E-state index contributed by atoms with van der Waals surface area (Å²) in [4.78, 5) is 54.1. The predicted molar refractivity (Wildman–Crippen MR) is 172 cm³/mol. The number of aryl methyl sites for hydroxylation is 2. The van der Waals surface area contributed by atoms with E-state index in [1.165, 1.54) is 7.11 Å². The average Bonchev–Trinajstić information content (AvgIpc) is 2.98. The van der Waals surface area contributed by atoms with Crippen molar-refractivity contribution in [3.63, 3.8) is 0 Å². The van der Waals surface area contributed by atoms with Crippen LogP contribution in [0.4, 0.5) is 21.9 Å². The number of nitrogens with zero attached hydrogens (tertiary/aromatic N) is 2. The molecule has 0 aromatic heterocycles. The highest BCUT2D eigenvalue weighted by Gasteiger charge is 2.27. The fourth-order valence-corrected chi connectivity index (χ4v) is 4.60. The van der Waals surface area contributed by atoms with Gasteiger partial charge in [0.15, 0.2) is 6.61 Å². The Kier molecular flexibility index (Phi) is 11.9. The molecular formula is C34H42N4O6. The third-order valence-electron chi connectivity index (χ3n) is 7.25. The molecule has 3 aromatic carbocycles. The van der Waals surface area contributed by atoms with E-state index >= 15 is 0 Å². The minimum atomic E-state index is -0.574. The molecule has 0 bridgehead atoms. The lowest BCUT2D eigenvalue weighted by Gasteiger charge is -2.33. The summed E-state index contributed by atoms with van der Waals surface area (Å²) in [5, 5.41) is 5.32. The number of rotatable bonds is 12. The summed E-state index contributed by atoms with van der Waals surface area (Å²) < 4.78 is 10.7. The van der Waals surface area contributed by atoms with Gasteiger partial charge in [-0.2, -0.15) is 0 Å². The first-order valence-corrected chi connectivity index (χ1v) is 14.5. The van der Waals surface area contributed by atoms with Crippen molar-refractivity contribution in [3.05, 3.63) is 83.4 Å². The second kappa shape index (κ2) is 15.6. The number of esters is 1. The van der Waals surface area contributed by atoms with Crippen LogP contribution in [0.25, 0.3) is 0 Å². The summed E-state index contributed by atoms with van der Waals surface area (Å²) >= 11 is 0. The molecule has 0 radical (unpaired) electrons. The van der Waals surface area contributed by atoms with E-state index in [0.717, 1.165) is 16.8 Å². The van der Waals surface area contributed by atoms with Crippen LogP contribution in [-0.2, 0) is 25.5 Å². The van der Waals surface area contributed by atoms with Gasteiger partial charge in [0.25, 0.3) is 5.91 Å². The fourth-order valence-electron chi connectivity index (χ4n) is 4.60. The molecule has 0 aliphatic rings. The first-order chi connectivity index (χ1) is 20.9. The number of urea groups is 1. The Hall–Kier alpha value is -4.86. The van der Waals surface area contributed by atoms with Gasteiger partial charge in [0, 0.05) is 24.5 Å². The molecule has 0 heterocycles. The molecule has 234 valence electrons. The molecule has 0 saturated carbocycles. The Balaban J connectivity index is 1.71. The maximum atomic E-state index is 13.6. The van der Waals surface area contributed by atoms with Crippen molar-refractivity contribution in [3.8, 4) is 5.75 Å². The van der Waals surface area contributed by atoms with E-state index in [-0.39, 0.29) is 43.3 Å². The molecule has 44 heavy (non-hydrogen) atoms. The number of hydrogen-bond acceptors (Lipinski definition) is 6. The van der Waals surface area contributed by atoms with Crippen LogP contribution >= 0.6 is 0 Å². The molecule has 0 spiro atoms. The smallest absolute Gasteiger partial charge is 0.319 e. The van der Waals surface area contributed by atoms with Crippen LogP contribution in [0.5, 0.6) is 5.75 Å². The highest BCUT2D eigenvalue weighted by Crippen LogP contribution is 2.31. The molecular weight excluding hydrogens is 560 g/mol. The lowest BCUT2D eigenvalue weighted by Crippen LogP contribution is -2.47. The first-order valence-electron chi connectivity index (χ1n) is 14.5. The van der Waals surface area contributed by atoms with E-state index in [9.17, 15) is 19.2 Å². The SMILES string of the molecule is COC(=O)Cc1cccc(NC(=O)NCC(=O)N(c2ccccc2OCC(=O)N(C)c2cc(C)cc(C)c2)C(C)C(C)C)c1. The Bertz CT molecular complexity index is 1470. The Labute approximate surface area is 259 Å². The number of methoxy groups -OCH3 is 1. The highest BCUT2D eigenvalue weighted by molar-refractivity contribution is 6.00. The van der Waals surface area contributed by atoms with Crippen LogP contribution in [-0.4, -0.2) is 57.2 Å². The van der Waals surface area contributed by atoms with Crippen LogP contribution < -0.4 is 25.2 Å². The number of nitrogens with one attached hydrogen (secondary N) is 2. The van der Waals surface area contributed by atoms with E-state index in [4.69, 9.17) is 9.47 Å². The maximum Gasteiger partial charge on any atom is 0.319 e. The number of para-hydroxylation sites is 2. The number of amides is 4. The van der Waals surface area contributed by atoms with Gasteiger partial charge in [0.05, 0.1) is 25.8 Å². The molecule has 1 atom stereocenters. The molecule has 0 fully saturated rings. The number of carbonyl (C=O) groups excluding carboxylic acids is 4. The van der Waals surface area contributed by atoms with Crippen molar-refractivity contribution in [2.24, 2.45) is 5.92 Å². The number of ether oxygens (including phenoxy) is 2. The summed E-state index contributed by atoms with van der Waals surface area (Å²) in [5.41, 5.74) is 4.53. The molecule has 3 rings (SSSR count). The van der Waals surface area contributed by atoms with Crippen molar-refractivity contribution in [2.45, 2.75) is 47.1 Å². The van der Waals surface area contributed by atoms with Crippen molar-refractivity contribution in [1.82, 2.24) is 5.32 Å². The van der Waals surface area contributed by atoms with Crippen LogP contribution in [0.3, 0.4) is 0 Å². The van der Waals surface area contributed by atoms with Gasteiger partial charge in [-0.05, 0) is 79.8 Å². The minimum Gasteiger partial charge on any atom is -0.482 e. The van der Waals surface area contributed by atoms with Crippen molar-refractivity contribution in [2.75, 3.05) is 42.4 Å². The molecule has 4 amide bonds. The molecule has 0 aliphatic carbocycles. The number of likely N-dealkylation sites (N-methyl/N-ethyl adjacent to an activating group) is 1. The van der Waals surface area contributed by atoms with Crippen LogP contribution in [0.1, 0.15) is 37.5 Å². The van der Waals surface area contributed by atoms with Crippen molar-refractivity contribution in [1.29, 1.82) is 0 Å². The van der Waals surface area contributed by atoms with Crippen LogP contribution in [0.15, 0.2) is 66.7 Å². The average molecular weight is 603 g/mol. The molecule has 10 heteroatoms. The third kappa shape index (κ3) is 9.32. The zero-order valence-corrected chi connectivity index (χ0v) is 26.5. The van der Waals surface area contributed by atoms with Gasteiger partial charge in [0.2, 0.25) is 5.91 Å². The number of hydrogen-bond donors (Lipinski definition) is 2. The van der Waals surface area contributed by atoms with E-state index in [1.54, 1.807) is 65.4 Å². The standard InChI is InChI=1S/C34H42N4O6/c1-22(2)25(5)38(31(39)20-35-34(42)36-27-12-10-11-26(18-27)19-33(41)43-7)29-13-8-9-14-30(29)44-21-32(40)37(6)28-16-23(3)15-24(4)17-28/h8-18,22,25H,19-21H2,1-7H3,(H2,35,36,42). The van der Waals surface area contributed by atoms with E-state index in [2.05, 4.69) is 10.6 Å². The monoisotopic (exact) mass is 602 g/mol. The molecule has 1 unspecified atom stereocenters. The number of carbonyl (C=O) groups is 4. The molecule has 10 nitrogen and oxygen atoms in total. The third-order valence-corrected chi connectivity index (χ3v) is 7.25. The van der Waals surface area contributed by atoms with Crippen molar-refractivity contribution < 1.29 is 28.7 Å². The van der Waals surface area contributed by atoms with Crippen LogP contribution in [0.2, 0.25) is 0 Å².